The molecular weight excluding hydrogens is 288 g/mol. The normalized spacial score (nSPS) is 13.1. The van der Waals surface area contributed by atoms with Gasteiger partial charge < -0.3 is 10.6 Å². The van der Waals surface area contributed by atoms with Crippen molar-refractivity contribution in [2.45, 2.75) is 44.7 Å². The van der Waals surface area contributed by atoms with E-state index in [1.54, 1.807) is 12.1 Å². The van der Waals surface area contributed by atoms with Crippen LogP contribution in [0.15, 0.2) is 34.2 Å². The predicted octanol–water partition coefficient (Wildman–Crippen LogP) is 1.19. The summed E-state index contributed by atoms with van der Waals surface area (Å²) in [5.74, 6) is 0.686. The fourth-order valence-electron chi connectivity index (χ4n) is 1.65. The third-order valence-electron chi connectivity index (χ3n) is 2.48. The van der Waals surface area contributed by atoms with Crippen molar-refractivity contribution in [2.24, 2.45) is 10.1 Å². The zero-order valence-corrected chi connectivity index (χ0v) is 13.8. The highest BCUT2D eigenvalue weighted by atomic mass is 32.2. The van der Waals surface area contributed by atoms with Gasteiger partial charge in [0.15, 0.2) is 5.96 Å². The van der Waals surface area contributed by atoms with Crippen molar-refractivity contribution >= 4 is 16.0 Å². The van der Waals surface area contributed by atoms with E-state index in [4.69, 9.17) is 5.14 Å². The van der Waals surface area contributed by atoms with Crippen LogP contribution in [-0.4, -0.2) is 26.5 Å². The molecule has 0 spiro atoms. The maximum atomic E-state index is 11.3. The highest BCUT2D eigenvalue weighted by Crippen LogP contribution is 2.10. The van der Waals surface area contributed by atoms with Gasteiger partial charge in [-0.1, -0.05) is 12.1 Å². The quantitative estimate of drug-likeness (QED) is 0.574. The van der Waals surface area contributed by atoms with Gasteiger partial charge in [-0.2, -0.15) is 0 Å². The number of guanidine groups is 1. The first kappa shape index (κ1) is 17.5. The lowest BCUT2D eigenvalue weighted by Gasteiger charge is -2.23. The van der Waals surface area contributed by atoms with Crippen molar-refractivity contribution in [1.29, 1.82) is 0 Å². The van der Waals surface area contributed by atoms with Gasteiger partial charge in [0.05, 0.1) is 11.4 Å². The molecule has 0 fully saturated rings. The van der Waals surface area contributed by atoms with Gasteiger partial charge in [0.2, 0.25) is 10.0 Å². The van der Waals surface area contributed by atoms with Gasteiger partial charge in [0, 0.05) is 12.1 Å². The van der Waals surface area contributed by atoms with Crippen LogP contribution in [0.3, 0.4) is 0 Å². The molecule has 21 heavy (non-hydrogen) atoms. The number of nitrogens with zero attached hydrogens (tertiary/aromatic N) is 1. The zero-order valence-electron chi connectivity index (χ0n) is 13.0. The monoisotopic (exact) mass is 312 g/mol. The average molecular weight is 312 g/mol. The van der Waals surface area contributed by atoms with Gasteiger partial charge in [0.1, 0.15) is 0 Å². The largest absolute Gasteiger partial charge is 0.357 e. The van der Waals surface area contributed by atoms with E-state index in [0.717, 1.165) is 12.1 Å². The second kappa shape index (κ2) is 6.91. The summed E-state index contributed by atoms with van der Waals surface area (Å²) in [4.78, 5) is 4.55. The van der Waals surface area contributed by atoms with Crippen LogP contribution in [0, 0.1) is 0 Å². The van der Waals surface area contributed by atoms with Crippen LogP contribution in [-0.2, 0) is 16.6 Å². The Balaban J connectivity index is 2.90. The van der Waals surface area contributed by atoms with Crippen molar-refractivity contribution in [2.75, 3.05) is 6.54 Å². The minimum atomic E-state index is -3.68. The molecule has 0 radical (unpaired) electrons. The Kier molecular flexibility index (Phi) is 5.74. The molecular formula is C14H24N4O2S. The summed E-state index contributed by atoms with van der Waals surface area (Å²) in [6.45, 7) is 9.24. The molecule has 0 aliphatic heterocycles. The first-order valence-corrected chi connectivity index (χ1v) is 8.34. The number of hydrogen-bond donors (Lipinski definition) is 3. The first-order valence-electron chi connectivity index (χ1n) is 6.80. The van der Waals surface area contributed by atoms with Crippen LogP contribution in [0.2, 0.25) is 0 Å². The number of sulfonamides is 1. The Morgan fingerprint density at radius 1 is 1.33 bits per heavy atom. The van der Waals surface area contributed by atoms with Gasteiger partial charge >= 0.3 is 0 Å². The van der Waals surface area contributed by atoms with Gasteiger partial charge in [0.25, 0.3) is 0 Å². The molecule has 0 atom stereocenters. The van der Waals surface area contributed by atoms with Crippen LogP contribution in [0.5, 0.6) is 0 Å². The molecule has 0 unspecified atom stereocenters. The molecule has 0 aliphatic carbocycles. The standard InChI is InChI=1S/C14H24N4O2S/c1-5-16-13(18-14(2,3)4)17-10-11-7-6-8-12(9-11)21(15,19)20/h6-9H,5,10H2,1-4H3,(H2,15,19,20)(H2,16,17,18). The summed E-state index contributed by atoms with van der Waals surface area (Å²) in [6, 6.07) is 6.49. The number of aliphatic imine (C=N–C) groups is 1. The second-order valence-corrected chi connectivity index (χ2v) is 7.32. The Labute approximate surface area is 126 Å². The zero-order chi connectivity index (χ0) is 16.1. The Morgan fingerprint density at radius 3 is 2.52 bits per heavy atom. The van der Waals surface area contributed by atoms with Gasteiger partial charge in [-0.3, -0.25) is 0 Å². The predicted molar refractivity (Wildman–Crippen MR) is 85.5 cm³/mol. The molecule has 0 aromatic heterocycles. The molecule has 0 aliphatic rings. The summed E-state index contributed by atoms with van der Waals surface area (Å²) in [6.07, 6.45) is 0. The number of nitrogens with one attached hydrogen (secondary N) is 2. The topological polar surface area (TPSA) is 96.6 Å². The lowest BCUT2D eigenvalue weighted by molar-refractivity contribution is 0.501. The summed E-state index contributed by atoms with van der Waals surface area (Å²) >= 11 is 0. The minimum Gasteiger partial charge on any atom is -0.357 e. The highest BCUT2D eigenvalue weighted by molar-refractivity contribution is 7.89. The molecule has 0 saturated heterocycles. The Bertz CT molecular complexity index is 604. The van der Waals surface area contributed by atoms with E-state index in [1.807, 2.05) is 33.8 Å². The van der Waals surface area contributed by atoms with Crippen LogP contribution in [0.1, 0.15) is 33.3 Å². The fraction of sp³-hybridized carbons (Fsp3) is 0.500. The average Bonchev–Trinajstić information content (AvgIpc) is 2.34. The molecule has 7 heteroatoms. The van der Waals surface area contributed by atoms with Gasteiger partial charge in [-0.15, -0.1) is 0 Å². The number of hydrogen-bond acceptors (Lipinski definition) is 3. The number of primary sulfonamides is 1. The van der Waals surface area contributed by atoms with Crippen LogP contribution in [0.4, 0.5) is 0 Å². The van der Waals surface area contributed by atoms with E-state index in [0.29, 0.717) is 12.5 Å². The smallest absolute Gasteiger partial charge is 0.238 e. The molecule has 6 nitrogen and oxygen atoms in total. The SMILES string of the molecule is CCNC(=NCc1cccc(S(N)(=O)=O)c1)NC(C)(C)C. The van der Waals surface area contributed by atoms with E-state index in [2.05, 4.69) is 15.6 Å². The summed E-state index contributed by atoms with van der Waals surface area (Å²) in [7, 11) is -3.68. The molecule has 4 N–H and O–H groups in total. The molecule has 1 aromatic rings. The van der Waals surface area contributed by atoms with E-state index >= 15 is 0 Å². The van der Waals surface area contributed by atoms with Crippen LogP contribution >= 0.6 is 0 Å². The molecule has 118 valence electrons. The Morgan fingerprint density at radius 2 is 2.00 bits per heavy atom. The van der Waals surface area contributed by atoms with E-state index < -0.39 is 10.0 Å². The van der Waals surface area contributed by atoms with E-state index in [9.17, 15) is 8.42 Å². The lowest BCUT2D eigenvalue weighted by Crippen LogP contribution is -2.47. The minimum absolute atomic E-state index is 0.101. The summed E-state index contributed by atoms with van der Waals surface area (Å²) in [5, 5.41) is 11.5. The number of rotatable bonds is 4. The van der Waals surface area contributed by atoms with Crippen molar-refractivity contribution in [1.82, 2.24) is 10.6 Å². The molecule has 0 saturated carbocycles. The van der Waals surface area contributed by atoms with Crippen molar-refractivity contribution in [3.05, 3.63) is 29.8 Å². The third kappa shape index (κ3) is 6.59. The van der Waals surface area contributed by atoms with Gasteiger partial charge in [-0.05, 0) is 45.4 Å². The first-order chi connectivity index (χ1) is 9.62. The number of nitrogens with two attached hydrogens (primary N) is 1. The molecule has 1 rings (SSSR count). The fourth-order valence-corrected chi connectivity index (χ4v) is 2.24. The third-order valence-corrected chi connectivity index (χ3v) is 3.40. The molecule has 0 amide bonds. The molecule has 0 bridgehead atoms. The summed E-state index contributed by atoms with van der Waals surface area (Å²) < 4.78 is 22.7. The maximum Gasteiger partial charge on any atom is 0.238 e. The molecule has 0 heterocycles. The van der Waals surface area contributed by atoms with Crippen LogP contribution in [0.25, 0.3) is 0 Å². The van der Waals surface area contributed by atoms with E-state index in [1.165, 1.54) is 6.07 Å². The van der Waals surface area contributed by atoms with Crippen molar-refractivity contribution < 1.29 is 8.42 Å². The maximum absolute atomic E-state index is 11.3. The summed E-state index contributed by atoms with van der Waals surface area (Å²) in [5.41, 5.74) is 0.677. The second-order valence-electron chi connectivity index (χ2n) is 5.76. The van der Waals surface area contributed by atoms with Crippen molar-refractivity contribution in [3.8, 4) is 0 Å². The Hall–Kier alpha value is -1.60. The van der Waals surface area contributed by atoms with Crippen molar-refractivity contribution in [3.63, 3.8) is 0 Å². The number of benzene rings is 1. The lowest BCUT2D eigenvalue weighted by atomic mass is 10.1. The van der Waals surface area contributed by atoms with E-state index in [-0.39, 0.29) is 10.4 Å². The molecule has 1 aromatic carbocycles. The van der Waals surface area contributed by atoms with Gasteiger partial charge in [-0.25, -0.2) is 18.5 Å². The highest BCUT2D eigenvalue weighted by Gasteiger charge is 2.12. The van der Waals surface area contributed by atoms with Crippen LogP contribution < -0.4 is 15.8 Å².